The maximum Gasteiger partial charge on any atom is 0.238 e. The van der Waals surface area contributed by atoms with Crippen molar-refractivity contribution in [3.05, 3.63) is 59.4 Å². The molecule has 4 nitrogen and oxygen atoms in total. The van der Waals surface area contributed by atoms with Gasteiger partial charge in [-0.1, -0.05) is 23.7 Å². The van der Waals surface area contributed by atoms with Crippen molar-refractivity contribution < 1.29 is 4.79 Å². The largest absolute Gasteiger partial charge is 0.324 e. The topological polar surface area (TPSA) is 54.0 Å². The number of hydrogen-bond acceptors (Lipinski definition) is 3. The second-order valence-electron chi connectivity index (χ2n) is 3.99. The highest BCUT2D eigenvalue weighted by molar-refractivity contribution is 6.33. The number of benzene rings is 1. The summed E-state index contributed by atoms with van der Waals surface area (Å²) in [6, 6.07) is 11.0. The van der Waals surface area contributed by atoms with E-state index < -0.39 is 0 Å². The molecule has 0 aliphatic heterocycles. The summed E-state index contributed by atoms with van der Waals surface area (Å²) in [4.78, 5) is 15.6. The highest BCUT2D eigenvalue weighted by atomic mass is 35.5. The molecule has 0 saturated carbocycles. The zero-order chi connectivity index (χ0) is 13.5. The number of amides is 1. The molecule has 1 heterocycles. The zero-order valence-electron chi connectivity index (χ0n) is 10.3. The first-order valence-electron chi connectivity index (χ1n) is 5.90. The minimum Gasteiger partial charge on any atom is -0.324 e. The summed E-state index contributed by atoms with van der Waals surface area (Å²) >= 11 is 5.96. The molecule has 0 aliphatic carbocycles. The van der Waals surface area contributed by atoms with Crippen LogP contribution in [0, 0.1) is 0 Å². The van der Waals surface area contributed by atoms with Crippen molar-refractivity contribution in [2.75, 3.05) is 11.9 Å². The van der Waals surface area contributed by atoms with Crippen molar-refractivity contribution >= 4 is 23.2 Å². The molecule has 1 amide bonds. The number of pyridine rings is 1. The third-order valence-corrected chi connectivity index (χ3v) is 2.84. The van der Waals surface area contributed by atoms with Gasteiger partial charge in [-0.2, -0.15) is 0 Å². The molecule has 0 radical (unpaired) electrons. The van der Waals surface area contributed by atoms with E-state index in [0.29, 0.717) is 17.3 Å². The third-order valence-electron chi connectivity index (χ3n) is 2.51. The lowest BCUT2D eigenvalue weighted by Crippen LogP contribution is -2.27. The number of rotatable bonds is 5. The summed E-state index contributed by atoms with van der Waals surface area (Å²) < 4.78 is 0. The quantitative estimate of drug-likeness (QED) is 0.881. The lowest BCUT2D eigenvalue weighted by atomic mass is 10.3. The van der Waals surface area contributed by atoms with Crippen LogP contribution >= 0.6 is 11.6 Å². The molecule has 0 aliphatic rings. The molecular weight excluding hydrogens is 262 g/mol. The van der Waals surface area contributed by atoms with Crippen molar-refractivity contribution in [2.45, 2.75) is 6.54 Å². The van der Waals surface area contributed by atoms with E-state index in [9.17, 15) is 4.79 Å². The van der Waals surface area contributed by atoms with Crippen LogP contribution in [0.3, 0.4) is 0 Å². The average Bonchev–Trinajstić information content (AvgIpc) is 2.43. The van der Waals surface area contributed by atoms with Gasteiger partial charge in [-0.25, -0.2) is 0 Å². The van der Waals surface area contributed by atoms with E-state index in [1.807, 2.05) is 24.3 Å². The summed E-state index contributed by atoms with van der Waals surface area (Å²) in [6.45, 7) is 0.853. The smallest absolute Gasteiger partial charge is 0.238 e. The monoisotopic (exact) mass is 275 g/mol. The number of nitrogens with one attached hydrogen (secondary N) is 2. The van der Waals surface area contributed by atoms with Crippen LogP contribution in [0.5, 0.6) is 0 Å². The Morgan fingerprint density at radius 1 is 1.16 bits per heavy atom. The fourth-order valence-corrected chi connectivity index (χ4v) is 1.76. The lowest BCUT2D eigenvalue weighted by Gasteiger charge is -2.08. The normalized spacial score (nSPS) is 10.2. The Bertz CT molecular complexity index is 545. The Morgan fingerprint density at radius 3 is 2.63 bits per heavy atom. The molecule has 0 atom stereocenters. The van der Waals surface area contributed by atoms with Crippen molar-refractivity contribution in [1.82, 2.24) is 10.3 Å². The molecule has 2 N–H and O–H groups in total. The predicted molar refractivity (Wildman–Crippen MR) is 76.0 cm³/mol. The Morgan fingerprint density at radius 2 is 1.89 bits per heavy atom. The summed E-state index contributed by atoms with van der Waals surface area (Å²) in [5.74, 6) is -0.123. The number of aromatic nitrogens is 1. The standard InChI is InChI=1S/C14H14ClN3O/c15-12-3-1-2-4-13(12)18-14(19)10-17-9-11-5-7-16-8-6-11/h1-8,17H,9-10H2,(H,18,19). The molecule has 5 heteroatoms. The van der Waals surface area contributed by atoms with Crippen molar-refractivity contribution in [2.24, 2.45) is 0 Å². The van der Waals surface area contributed by atoms with Crippen LogP contribution in [-0.4, -0.2) is 17.4 Å². The van der Waals surface area contributed by atoms with E-state index in [0.717, 1.165) is 5.56 Å². The van der Waals surface area contributed by atoms with Crippen LogP contribution in [0.15, 0.2) is 48.8 Å². The molecule has 2 aromatic rings. The number of hydrogen-bond donors (Lipinski definition) is 2. The zero-order valence-corrected chi connectivity index (χ0v) is 11.0. The van der Waals surface area contributed by atoms with Crippen LogP contribution in [0.25, 0.3) is 0 Å². The third kappa shape index (κ3) is 4.35. The van der Waals surface area contributed by atoms with Crippen molar-refractivity contribution in [3.63, 3.8) is 0 Å². The second kappa shape index (κ2) is 6.87. The maximum atomic E-state index is 11.7. The van der Waals surface area contributed by atoms with Crippen LogP contribution in [0.4, 0.5) is 5.69 Å². The number of carbonyl (C=O) groups excluding carboxylic acids is 1. The summed E-state index contributed by atoms with van der Waals surface area (Å²) in [5.41, 5.74) is 1.71. The minimum atomic E-state index is -0.123. The molecule has 0 fully saturated rings. The summed E-state index contributed by atoms with van der Waals surface area (Å²) in [7, 11) is 0. The minimum absolute atomic E-state index is 0.123. The molecule has 0 bridgehead atoms. The van der Waals surface area contributed by atoms with Gasteiger partial charge in [-0.15, -0.1) is 0 Å². The van der Waals surface area contributed by atoms with E-state index in [2.05, 4.69) is 15.6 Å². The van der Waals surface area contributed by atoms with Gasteiger partial charge in [0.15, 0.2) is 0 Å². The van der Waals surface area contributed by atoms with Gasteiger partial charge in [0.2, 0.25) is 5.91 Å². The Balaban J connectivity index is 1.78. The van der Waals surface area contributed by atoms with Gasteiger partial charge in [0.1, 0.15) is 0 Å². The predicted octanol–water partition coefficient (Wildman–Crippen LogP) is 2.46. The van der Waals surface area contributed by atoms with Gasteiger partial charge in [0.25, 0.3) is 0 Å². The van der Waals surface area contributed by atoms with Gasteiger partial charge in [0.05, 0.1) is 17.3 Å². The molecule has 1 aromatic carbocycles. The fraction of sp³-hybridized carbons (Fsp3) is 0.143. The molecule has 2 rings (SSSR count). The Hall–Kier alpha value is -1.91. The molecular formula is C14H14ClN3O. The number of anilines is 1. The van der Waals surface area contributed by atoms with Crippen LogP contribution in [0.2, 0.25) is 5.02 Å². The van der Waals surface area contributed by atoms with E-state index in [-0.39, 0.29) is 12.5 Å². The highest BCUT2D eigenvalue weighted by Gasteiger charge is 2.04. The van der Waals surface area contributed by atoms with Crippen LogP contribution < -0.4 is 10.6 Å². The first kappa shape index (κ1) is 13.5. The molecule has 0 unspecified atom stereocenters. The molecule has 0 saturated heterocycles. The highest BCUT2D eigenvalue weighted by Crippen LogP contribution is 2.19. The molecule has 0 spiro atoms. The number of carbonyl (C=O) groups is 1. The van der Waals surface area contributed by atoms with Crippen molar-refractivity contribution in [3.8, 4) is 0 Å². The average molecular weight is 276 g/mol. The SMILES string of the molecule is O=C(CNCc1ccncc1)Nc1ccccc1Cl. The van der Waals surface area contributed by atoms with Gasteiger partial charge in [-0.05, 0) is 29.8 Å². The van der Waals surface area contributed by atoms with Gasteiger partial charge < -0.3 is 10.6 Å². The van der Waals surface area contributed by atoms with Gasteiger partial charge in [0, 0.05) is 18.9 Å². The Labute approximate surface area is 116 Å². The first-order chi connectivity index (χ1) is 9.25. The Kier molecular flexibility index (Phi) is 4.89. The molecule has 19 heavy (non-hydrogen) atoms. The molecule has 1 aromatic heterocycles. The number of para-hydroxylation sites is 1. The second-order valence-corrected chi connectivity index (χ2v) is 4.39. The van der Waals surface area contributed by atoms with E-state index >= 15 is 0 Å². The van der Waals surface area contributed by atoms with Gasteiger partial charge >= 0.3 is 0 Å². The van der Waals surface area contributed by atoms with Crippen LogP contribution in [0.1, 0.15) is 5.56 Å². The first-order valence-corrected chi connectivity index (χ1v) is 6.27. The summed E-state index contributed by atoms with van der Waals surface area (Å²) in [6.07, 6.45) is 3.45. The number of halogens is 1. The van der Waals surface area contributed by atoms with E-state index in [1.165, 1.54) is 0 Å². The molecule has 98 valence electrons. The van der Waals surface area contributed by atoms with E-state index in [1.54, 1.807) is 24.5 Å². The van der Waals surface area contributed by atoms with Gasteiger partial charge in [-0.3, -0.25) is 9.78 Å². The maximum absolute atomic E-state index is 11.7. The van der Waals surface area contributed by atoms with Crippen molar-refractivity contribution in [1.29, 1.82) is 0 Å². The lowest BCUT2D eigenvalue weighted by molar-refractivity contribution is -0.115. The number of nitrogens with zero attached hydrogens (tertiary/aromatic N) is 1. The summed E-state index contributed by atoms with van der Waals surface area (Å²) in [5, 5.41) is 6.34. The fourth-order valence-electron chi connectivity index (χ4n) is 1.58. The van der Waals surface area contributed by atoms with E-state index in [4.69, 9.17) is 11.6 Å². The van der Waals surface area contributed by atoms with Crippen LogP contribution in [-0.2, 0) is 11.3 Å².